The molecule has 0 bridgehead atoms. The standard InChI is InChI=1S/C18H25N5O/c1-4-23(13-15-6-5-11-21(15)2)18-20-16(12-17(24)22(18)3)14-7-9-19-10-8-14/h7-10,12,15H,4-6,11,13H2,1-3H3/t15-/m1/s1. The van der Waals surface area contributed by atoms with Gasteiger partial charge in [0.05, 0.1) is 5.69 Å². The van der Waals surface area contributed by atoms with Crippen molar-refractivity contribution >= 4 is 5.95 Å². The lowest BCUT2D eigenvalue weighted by atomic mass is 10.2. The molecule has 0 unspecified atom stereocenters. The predicted molar refractivity (Wildman–Crippen MR) is 96.2 cm³/mol. The topological polar surface area (TPSA) is 54.3 Å². The van der Waals surface area contributed by atoms with Crippen molar-refractivity contribution in [3.8, 4) is 11.3 Å². The molecular weight excluding hydrogens is 302 g/mol. The zero-order valence-electron chi connectivity index (χ0n) is 14.6. The van der Waals surface area contributed by atoms with Crippen LogP contribution in [0.15, 0.2) is 35.4 Å². The second-order valence-corrected chi connectivity index (χ2v) is 6.39. The van der Waals surface area contributed by atoms with Gasteiger partial charge in [-0.2, -0.15) is 0 Å². The quantitative estimate of drug-likeness (QED) is 0.838. The molecule has 0 N–H and O–H groups in total. The van der Waals surface area contributed by atoms with Crippen molar-refractivity contribution in [3.63, 3.8) is 0 Å². The average molecular weight is 327 g/mol. The van der Waals surface area contributed by atoms with Gasteiger partial charge in [-0.3, -0.25) is 14.3 Å². The van der Waals surface area contributed by atoms with Gasteiger partial charge in [0.25, 0.3) is 5.56 Å². The Bertz CT molecular complexity index is 743. The molecule has 1 fully saturated rings. The Morgan fingerprint density at radius 1 is 1.29 bits per heavy atom. The summed E-state index contributed by atoms with van der Waals surface area (Å²) in [6, 6.07) is 5.87. The molecule has 0 radical (unpaired) electrons. The molecule has 24 heavy (non-hydrogen) atoms. The molecule has 1 aliphatic heterocycles. The zero-order chi connectivity index (χ0) is 17.1. The summed E-state index contributed by atoms with van der Waals surface area (Å²) < 4.78 is 1.64. The van der Waals surface area contributed by atoms with E-state index in [-0.39, 0.29) is 5.56 Å². The first-order valence-corrected chi connectivity index (χ1v) is 8.53. The van der Waals surface area contributed by atoms with E-state index in [4.69, 9.17) is 4.98 Å². The van der Waals surface area contributed by atoms with Crippen molar-refractivity contribution < 1.29 is 0 Å². The number of hydrogen-bond acceptors (Lipinski definition) is 5. The predicted octanol–water partition coefficient (Wildman–Crippen LogP) is 1.76. The molecule has 1 atom stereocenters. The minimum absolute atomic E-state index is 0.0370. The average Bonchev–Trinajstić information content (AvgIpc) is 3.01. The highest BCUT2D eigenvalue weighted by Crippen LogP contribution is 2.21. The minimum atomic E-state index is -0.0370. The Balaban J connectivity index is 1.96. The van der Waals surface area contributed by atoms with Gasteiger partial charge in [-0.1, -0.05) is 0 Å². The van der Waals surface area contributed by atoms with Gasteiger partial charge in [0.2, 0.25) is 5.95 Å². The second-order valence-electron chi connectivity index (χ2n) is 6.39. The van der Waals surface area contributed by atoms with Crippen LogP contribution in [0.5, 0.6) is 0 Å². The van der Waals surface area contributed by atoms with Crippen molar-refractivity contribution in [2.75, 3.05) is 31.6 Å². The summed E-state index contributed by atoms with van der Waals surface area (Å²) >= 11 is 0. The summed E-state index contributed by atoms with van der Waals surface area (Å²) in [5.74, 6) is 0.733. The van der Waals surface area contributed by atoms with Gasteiger partial charge < -0.3 is 9.80 Å². The number of rotatable bonds is 5. The molecule has 3 rings (SSSR count). The maximum atomic E-state index is 12.4. The molecule has 128 valence electrons. The van der Waals surface area contributed by atoms with Crippen LogP contribution < -0.4 is 10.5 Å². The fourth-order valence-electron chi connectivity index (χ4n) is 3.30. The summed E-state index contributed by atoms with van der Waals surface area (Å²) in [5, 5.41) is 0. The Morgan fingerprint density at radius 3 is 2.67 bits per heavy atom. The molecule has 0 saturated carbocycles. The lowest BCUT2D eigenvalue weighted by Crippen LogP contribution is -2.41. The number of aromatic nitrogens is 3. The number of hydrogen-bond donors (Lipinski definition) is 0. The van der Waals surface area contributed by atoms with E-state index >= 15 is 0 Å². The Kier molecular flexibility index (Phi) is 4.94. The van der Waals surface area contributed by atoms with E-state index in [0.29, 0.717) is 11.7 Å². The number of pyridine rings is 1. The van der Waals surface area contributed by atoms with Crippen molar-refractivity contribution in [1.29, 1.82) is 0 Å². The third-order valence-electron chi connectivity index (χ3n) is 4.85. The molecule has 1 saturated heterocycles. The monoisotopic (exact) mass is 327 g/mol. The summed E-state index contributed by atoms with van der Waals surface area (Å²) in [7, 11) is 3.97. The van der Waals surface area contributed by atoms with Gasteiger partial charge in [-0.25, -0.2) is 4.98 Å². The van der Waals surface area contributed by atoms with E-state index in [0.717, 1.165) is 31.1 Å². The van der Waals surface area contributed by atoms with E-state index < -0.39 is 0 Å². The fraction of sp³-hybridized carbons (Fsp3) is 0.500. The van der Waals surface area contributed by atoms with Gasteiger partial charge in [-0.15, -0.1) is 0 Å². The summed E-state index contributed by atoms with van der Waals surface area (Å²) in [6.45, 7) is 4.98. The van der Waals surface area contributed by atoms with Crippen LogP contribution >= 0.6 is 0 Å². The molecule has 0 spiro atoms. The highest BCUT2D eigenvalue weighted by molar-refractivity contribution is 5.59. The fourth-order valence-corrected chi connectivity index (χ4v) is 3.30. The number of likely N-dealkylation sites (N-methyl/N-ethyl adjacent to an activating group) is 2. The smallest absolute Gasteiger partial charge is 0.255 e. The Labute approximate surface area is 142 Å². The second kappa shape index (κ2) is 7.13. The summed E-state index contributed by atoms with van der Waals surface area (Å²) in [6.07, 6.45) is 5.88. The van der Waals surface area contributed by atoms with Gasteiger partial charge in [0.15, 0.2) is 0 Å². The zero-order valence-corrected chi connectivity index (χ0v) is 14.6. The summed E-state index contributed by atoms with van der Waals surface area (Å²) in [5.41, 5.74) is 1.58. The van der Waals surface area contributed by atoms with E-state index in [1.807, 2.05) is 12.1 Å². The van der Waals surface area contributed by atoms with Crippen LogP contribution in [0.4, 0.5) is 5.95 Å². The van der Waals surface area contributed by atoms with Crippen LogP contribution in [-0.2, 0) is 7.05 Å². The van der Waals surface area contributed by atoms with Crippen LogP contribution in [0, 0.1) is 0 Å². The molecule has 2 aromatic heterocycles. The van der Waals surface area contributed by atoms with Gasteiger partial charge in [0.1, 0.15) is 0 Å². The highest BCUT2D eigenvalue weighted by Gasteiger charge is 2.24. The molecular formula is C18H25N5O. The first kappa shape index (κ1) is 16.6. The third-order valence-corrected chi connectivity index (χ3v) is 4.85. The van der Waals surface area contributed by atoms with Crippen LogP contribution in [0.25, 0.3) is 11.3 Å². The van der Waals surface area contributed by atoms with Crippen LogP contribution in [0.3, 0.4) is 0 Å². The molecule has 2 aromatic rings. The highest BCUT2D eigenvalue weighted by atomic mass is 16.1. The Hall–Kier alpha value is -2.21. The lowest BCUT2D eigenvalue weighted by Gasteiger charge is -2.30. The van der Waals surface area contributed by atoms with E-state index in [1.165, 1.54) is 12.8 Å². The third kappa shape index (κ3) is 3.33. The first-order valence-electron chi connectivity index (χ1n) is 8.53. The van der Waals surface area contributed by atoms with Crippen molar-refractivity contribution in [2.24, 2.45) is 7.05 Å². The summed E-state index contributed by atoms with van der Waals surface area (Å²) in [4.78, 5) is 25.8. The minimum Gasteiger partial charge on any atom is -0.341 e. The van der Waals surface area contributed by atoms with E-state index in [2.05, 4.69) is 28.8 Å². The SMILES string of the molecule is CCN(C[C@H]1CCCN1C)c1nc(-c2ccncc2)cc(=O)n1C. The van der Waals surface area contributed by atoms with Crippen molar-refractivity contribution in [1.82, 2.24) is 19.4 Å². The molecule has 1 aliphatic rings. The van der Waals surface area contributed by atoms with Crippen molar-refractivity contribution in [2.45, 2.75) is 25.8 Å². The lowest BCUT2D eigenvalue weighted by molar-refractivity contribution is 0.311. The number of likely N-dealkylation sites (tertiary alicyclic amines) is 1. The molecule has 0 amide bonds. The Morgan fingerprint density at radius 2 is 2.04 bits per heavy atom. The van der Waals surface area contributed by atoms with Gasteiger partial charge >= 0.3 is 0 Å². The number of anilines is 1. The molecule has 6 heteroatoms. The van der Waals surface area contributed by atoms with Crippen molar-refractivity contribution in [3.05, 3.63) is 40.9 Å². The maximum Gasteiger partial charge on any atom is 0.255 e. The normalized spacial score (nSPS) is 18.0. The molecule has 0 aromatic carbocycles. The van der Waals surface area contributed by atoms with Gasteiger partial charge in [-0.05, 0) is 45.5 Å². The van der Waals surface area contributed by atoms with Gasteiger partial charge in [0, 0.05) is 50.2 Å². The molecule has 6 nitrogen and oxygen atoms in total. The van der Waals surface area contributed by atoms with E-state index in [9.17, 15) is 4.79 Å². The van der Waals surface area contributed by atoms with Crippen LogP contribution in [0.1, 0.15) is 19.8 Å². The van der Waals surface area contributed by atoms with E-state index in [1.54, 1.807) is 30.1 Å². The largest absolute Gasteiger partial charge is 0.341 e. The van der Waals surface area contributed by atoms with Crippen LogP contribution in [-0.4, -0.2) is 52.2 Å². The maximum absolute atomic E-state index is 12.4. The molecule has 3 heterocycles. The number of nitrogens with zero attached hydrogens (tertiary/aromatic N) is 5. The first-order chi connectivity index (χ1) is 11.6. The van der Waals surface area contributed by atoms with Crippen LogP contribution in [0.2, 0.25) is 0 Å². The molecule has 0 aliphatic carbocycles.